The van der Waals surface area contributed by atoms with Crippen LogP contribution in [0.4, 0.5) is 13.2 Å². The van der Waals surface area contributed by atoms with Gasteiger partial charge in [-0.05, 0) is 19.1 Å². The molecule has 0 atom stereocenters. The summed E-state index contributed by atoms with van der Waals surface area (Å²) in [4.78, 5) is 10.7. The molecule has 2 rings (SSSR count). The van der Waals surface area contributed by atoms with Gasteiger partial charge in [-0.15, -0.1) is 11.3 Å². The Hall–Kier alpha value is -1.36. The van der Waals surface area contributed by atoms with Crippen LogP contribution in [0.5, 0.6) is 0 Å². The van der Waals surface area contributed by atoms with Gasteiger partial charge in [-0.25, -0.2) is 0 Å². The van der Waals surface area contributed by atoms with Crippen LogP contribution >= 0.6 is 11.3 Å². The van der Waals surface area contributed by atoms with Crippen molar-refractivity contribution in [3.63, 3.8) is 0 Å². The summed E-state index contributed by atoms with van der Waals surface area (Å²) < 4.78 is 37.7. The fourth-order valence-electron chi connectivity index (χ4n) is 1.41. The summed E-state index contributed by atoms with van der Waals surface area (Å²) in [5.41, 5.74) is 0.279. The average molecular weight is 244 g/mol. The second-order valence-electron chi connectivity index (χ2n) is 3.47. The van der Waals surface area contributed by atoms with Crippen LogP contribution in [0.25, 0.3) is 10.1 Å². The van der Waals surface area contributed by atoms with Crippen molar-refractivity contribution in [3.05, 3.63) is 44.9 Å². The average Bonchev–Trinajstić information content (AvgIpc) is 2.17. The maximum absolute atomic E-state index is 12.4. The van der Waals surface area contributed by atoms with Crippen molar-refractivity contribution in [1.29, 1.82) is 0 Å². The molecule has 5 heteroatoms. The summed E-state index contributed by atoms with van der Waals surface area (Å²) in [6.07, 6.45) is -4.46. The Morgan fingerprint density at radius 3 is 2.50 bits per heavy atom. The molecule has 0 fully saturated rings. The molecule has 1 aromatic heterocycles. The first-order valence-electron chi connectivity index (χ1n) is 4.49. The van der Waals surface area contributed by atoms with Crippen LogP contribution in [0.15, 0.2) is 29.1 Å². The Bertz CT molecular complexity index is 598. The second-order valence-corrected chi connectivity index (χ2v) is 4.56. The summed E-state index contributed by atoms with van der Waals surface area (Å²) in [5.74, 6) is 0. The number of alkyl halides is 3. The number of hydrogen-bond acceptors (Lipinski definition) is 2. The van der Waals surface area contributed by atoms with Gasteiger partial charge in [0.05, 0.1) is 0 Å². The molecule has 1 nitrogen and oxygen atoms in total. The monoisotopic (exact) mass is 244 g/mol. The maximum Gasteiger partial charge on any atom is 0.425 e. The summed E-state index contributed by atoms with van der Waals surface area (Å²) in [5, 5.41) is 0.345. The molecular formula is C11H7F3OS. The molecule has 0 spiro atoms. The van der Waals surface area contributed by atoms with E-state index >= 15 is 0 Å². The lowest BCUT2D eigenvalue weighted by Crippen LogP contribution is -2.09. The molecule has 1 aromatic carbocycles. The van der Waals surface area contributed by atoms with Crippen molar-refractivity contribution >= 4 is 21.4 Å². The van der Waals surface area contributed by atoms with Gasteiger partial charge in [0.25, 0.3) is 0 Å². The largest absolute Gasteiger partial charge is 0.425 e. The highest BCUT2D eigenvalue weighted by Crippen LogP contribution is 2.34. The Morgan fingerprint density at radius 2 is 1.88 bits per heavy atom. The van der Waals surface area contributed by atoms with E-state index in [2.05, 4.69) is 0 Å². The standard InChI is InChI=1S/C11H7F3OS/c1-6-2-3-9-7(4-6)8(15)5-10(16-9)11(12,13)14/h2-5H,1H3. The summed E-state index contributed by atoms with van der Waals surface area (Å²) in [7, 11) is 0. The topological polar surface area (TPSA) is 17.1 Å². The molecule has 2 aromatic rings. The molecule has 0 amide bonds. The minimum absolute atomic E-state index is 0.345. The van der Waals surface area contributed by atoms with E-state index in [0.717, 1.165) is 5.56 Å². The number of fused-ring (bicyclic) bond motifs is 1. The van der Waals surface area contributed by atoms with Gasteiger partial charge in [0, 0.05) is 16.2 Å². The number of halogens is 3. The van der Waals surface area contributed by atoms with Crippen molar-refractivity contribution in [3.8, 4) is 0 Å². The third kappa shape index (κ3) is 1.95. The van der Waals surface area contributed by atoms with Crippen LogP contribution in [0.1, 0.15) is 10.4 Å². The van der Waals surface area contributed by atoms with Crippen LogP contribution in [0.2, 0.25) is 0 Å². The van der Waals surface area contributed by atoms with Gasteiger partial charge < -0.3 is 0 Å². The van der Waals surface area contributed by atoms with Gasteiger partial charge in [-0.1, -0.05) is 11.6 Å². The van der Waals surface area contributed by atoms with E-state index in [1.807, 2.05) is 0 Å². The molecule has 16 heavy (non-hydrogen) atoms. The molecule has 0 saturated carbocycles. The quantitative estimate of drug-likeness (QED) is 0.692. The SMILES string of the molecule is Cc1ccc2sc(C(F)(F)F)cc(=O)c2c1. The molecule has 84 valence electrons. The fourth-order valence-corrected chi connectivity index (χ4v) is 2.33. The van der Waals surface area contributed by atoms with Gasteiger partial charge in [0.15, 0.2) is 5.43 Å². The van der Waals surface area contributed by atoms with Gasteiger partial charge in [-0.2, -0.15) is 13.2 Å². The molecule has 1 heterocycles. The van der Waals surface area contributed by atoms with E-state index in [4.69, 9.17) is 0 Å². The Balaban J connectivity index is 2.79. The van der Waals surface area contributed by atoms with Crippen LogP contribution in [0, 0.1) is 6.92 Å². The maximum atomic E-state index is 12.4. The van der Waals surface area contributed by atoms with E-state index in [0.29, 0.717) is 27.5 Å². The van der Waals surface area contributed by atoms with E-state index in [1.54, 1.807) is 25.1 Å². The second kappa shape index (κ2) is 3.59. The van der Waals surface area contributed by atoms with Crippen molar-refractivity contribution in [2.75, 3.05) is 0 Å². The van der Waals surface area contributed by atoms with E-state index in [-0.39, 0.29) is 0 Å². The first-order chi connectivity index (χ1) is 7.38. The smallest absolute Gasteiger partial charge is 0.289 e. The molecule has 0 N–H and O–H groups in total. The lowest BCUT2D eigenvalue weighted by atomic mass is 10.2. The fraction of sp³-hybridized carbons (Fsp3) is 0.182. The van der Waals surface area contributed by atoms with Crippen LogP contribution in [-0.2, 0) is 6.18 Å². The zero-order valence-electron chi connectivity index (χ0n) is 8.26. The van der Waals surface area contributed by atoms with E-state index in [9.17, 15) is 18.0 Å². The summed E-state index contributed by atoms with van der Waals surface area (Å²) in [6.45, 7) is 1.79. The summed E-state index contributed by atoms with van der Waals surface area (Å²) >= 11 is 0.592. The van der Waals surface area contributed by atoms with Crippen molar-refractivity contribution in [2.24, 2.45) is 0 Å². The number of rotatable bonds is 0. The van der Waals surface area contributed by atoms with Gasteiger partial charge >= 0.3 is 6.18 Å². The van der Waals surface area contributed by atoms with Gasteiger partial charge in [0.2, 0.25) is 0 Å². The zero-order valence-corrected chi connectivity index (χ0v) is 9.08. The molecule has 0 saturated heterocycles. The first-order valence-corrected chi connectivity index (χ1v) is 5.31. The first kappa shape index (κ1) is 11.1. The van der Waals surface area contributed by atoms with Crippen LogP contribution in [0.3, 0.4) is 0 Å². The number of hydrogen-bond donors (Lipinski definition) is 0. The highest BCUT2D eigenvalue weighted by molar-refractivity contribution is 7.18. The van der Waals surface area contributed by atoms with E-state index < -0.39 is 16.5 Å². The number of aryl methyl sites for hydroxylation is 1. The Labute approximate surface area is 93.2 Å². The predicted molar refractivity (Wildman–Crippen MR) is 57.8 cm³/mol. The zero-order chi connectivity index (χ0) is 11.9. The molecular weight excluding hydrogens is 237 g/mol. The molecule has 0 unspecified atom stereocenters. The molecule has 0 radical (unpaired) electrons. The highest BCUT2D eigenvalue weighted by Gasteiger charge is 2.32. The summed E-state index contributed by atoms with van der Waals surface area (Å²) in [6, 6.07) is 5.51. The Kier molecular flexibility index (Phi) is 2.50. The minimum atomic E-state index is -4.46. The van der Waals surface area contributed by atoms with Crippen molar-refractivity contribution in [1.82, 2.24) is 0 Å². The third-order valence-electron chi connectivity index (χ3n) is 2.16. The molecule has 0 aliphatic rings. The predicted octanol–water partition coefficient (Wildman–Crippen LogP) is 3.59. The van der Waals surface area contributed by atoms with Crippen molar-refractivity contribution < 1.29 is 13.2 Å². The highest BCUT2D eigenvalue weighted by atomic mass is 32.1. The lowest BCUT2D eigenvalue weighted by molar-refractivity contribution is -0.134. The van der Waals surface area contributed by atoms with Gasteiger partial charge in [-0.3, -0.25) is 4.79 Å². The molecule has 0 bridgehead atoms. The lowest BCUT2D eigenvalue weighted by Gasteiger charge is -2.06. The minimum Gasteiger partial charge on any atom is -0.289 e. The Morgan fingerprint density at radius 1 is 1.19 bits per heavy atom. The van der Waals surface area contributed by atoms with Crippen molar-refractivity contribution in [2.45, 2.75) is 13.1 Å². The van der Waals surface area contributed by atoms with Gasteiger partial charge in [0.1, 0.15) is 4.88 Å². The normalized spacial score (nSPS) is 12.0. The van der Waals surface area contributed by atoms with E-state index in [1.165, 1.54) is 0 Å². The van der Waals surface area contributed by atoms with Crippen LogP contribution < -0.4 is 5.43 Å². The molecule has 0 aliphatic heterocycles. The third-order valence-corrected chi connectivity index (χ3v) is 3.31. The van der Waals surface area contributed by atoms with Crippen LogP contribution in [-0.4, -0.2) is 0 Å². The number of benzene rings is 1. The molecule has 0 aliphatic carbocycles.